The lowest BCUT2D eigenvalue weighted by atomic mass is 9.90. The van der Waals surface area contributed by atoms with Crippen LogP contribution in [0.15, 0.2) is 246 Å². The maximum Gasteiger partial charge on any atom is 0.298 e. The maximum atomic E-state index is 13.4. The Morgan fingerprint density at radius 2 is 0.667 bits per heavy atom. The average molecular weight is 1750 g/mol. The van der Waals surface area contributed by atoms with Crippen LogP contribution in [0.25, 0.3) is 90.9 Å². The monoisotopic (exact) mass is 1750 g/mol. The van der Waals surface area contributed by atoms with Gasteiger partial charge in [0.05, 0.1) is 99.4 Å². The first-order chi connectivity index (χ1) is 58.1. The highest BCUT2D eigenvalue weighted by Crippen LogP contribution is 2.41. The molecule has 0 bridgehead atoms. The number of hydrogen-bond donors (Lipinski definition) is 2. The minimum atomic E-state index is -4.04. The van der Waals surface area contributed by atoms with Gasteiger partial charge in [0.15, 0.2) is 5.76 Å². The SMILES string of the molecule is CC(=O)NCC1=Cc2c(c(-c3ccccc3)cn2S(=O)(=O)c2ccccc2)C(=O)C1=O.CC1=Cc2c(c(-c3ccccc3)cn2S(C)(=O)=O)C(=O)C1=O.CS(=O)(=O)n1cc(-c2ccccc2)c2c1C=C(CO)C(=O)C2=O.CS(=O)(=O)n1cc(-c2ccccc2)c2c1C=C(OC=O)C(=O)C2=O.[C-]#[N+]C1=Cc2c(c(-c3ccccc3)cn2S(C)(=O)=O)C(=O)C1=O. The summed E-state index contributed by atoms with van der Waals surface area (Å²) in [5, 5.41) is 11.7. The first-order valence-electron chi connectivity index (χ1n) is 36.1. The number of fused-ring (bicyclic) bond motifs is 5. The highest BCUT2D eigenvalue weighted by atomic mass is 32.2. The molecule has 5 aromatic heterocycles. The number of ketones is 10. The van der Waals surface area contributed by atoms with Crippen molar-refractivity contribution in [3.63, 3.8) is 0 Å². The quantitative estimate of drug-likeness (QED) is 0.0517. The Morgan fingerprint density at radius 3 is 1.00 bits per heavy atom. The van der Waals surface area contributed by atoms with Crippen LogP contribution in [0.1, 0.15) is 94.1 Å². The lowest BCUT2D eigenvalue weighted by Gasteiger charge is -2.15. The van der Waals surface area contributed by atoms with E-state index < -0.39 is 120 Å². The third-order valence-corrected chi connectivity index (χ3v) is 25.0. The molecule has 0 atom stereocenters. The average Bonchev–Trinajstić information content (AvgIpc) is 1.56. The summed E-state index contributed by atoms with van der Waals surface area (Å²) in [5.41, 5.74) is 5.39. The van der Waals surface area contributed by atoms with Gasteiger partial charge in [-0.3, -0.25) is 57.5 Å². The number of aromatic nitrogens is 5. The topological polar surface area (TPSA) is 446 Å². The summed E-state index contributed by atoms with van der Waals surface area (Å²) in [6.07, 6.45) is 17.0. The molecule has 0 aliphatic heterocycles. The molecule has 123 heavy (non-hydrogen) atoms. The van der Waals surface area contributed by atoms with Crippen molar-refractivity contribution in [1.82, 2.24) is 25.2 Å². The second-order valence-corrected chi connectivity index (χ2v) is 36.8. The molecular formula is C87H65N7O24S5. The predicted octanol–water partition coefficient (Wildman–Crippen LogP) is 9.14. The second kappa shape index (κ2) is 34.5. The molecule has 622 valence electrons. The number of aliphatic hydroxyl groups is 1. The van der Waals surface area contributed by atoms with Gasteiger partial charge in [0.25, 0.3) is 22.3 Å². The molecule has 5 aliphatic rings. The zero-order valence-electron chi connectivity index (χ0n) is 65.1. The molecule has 0 unspecified atom stereocenters. The Morgan fingerprint density at radius 1 is 0.382 bits per heavy atom. The third-order valence-electron chi connectivity index (χ3n) is 19.3. The number of carbonyl (C=O) groups is 12. The number of benzene rings is 6. The summed E-state index contributed by atoms with van der Waals surface area (Å²) in [4.78, 5) is 148. The van der Waals surface area contributed by atoms with Crippen LogP contribution in [0.2, 0.25) is 0 Å². The summed E-state index contributed by atoms with van der Waals surface area (Å²) >= 11 is 0. The van der Waals surface area contributed by atoms with Crippen LogP contribution < -0.4 is 5.32 Å². The van der Waals surface area contributed by atoms with Crippen molar-refractivity contribution in [3.8, 4) is 55.6 Å². The van der Waals surface area contributed by atoms with E-state index in [1.165, 1.54) is 75.2 Å². The molecule has 2 N–H and O–H groups in total. The number of amides is 1. The minimum absolute atomic E-state index is 0.00778. The van der Waals surface area contributed by atoms with Gasteiger partial charge in [-0.2, -0.15) is 0 Å². The fourth-order valence-corrected chi connectivity index (χ4v) is 18.2. The summed E-state index contributed by atoms with van der Waals surface area (Å²) in [7, 11) is -18.8. The number of allylic oxidation sites excluding steroid dienone is 3. The predicted molar refractivity (Wildman–Crippen MR) is 451 cm³/mol. The van der Waals surface area contributed by atoms with E-state index >= 15 is 0 Å². The van der Waals surface area contributed by atoms with Crippen LogP contribution in [0, 0.1) is 6.57 Å². The number of rotatable bonds is 16. The summed E-state index contributed by atoms with van der Waals surface area (Å²) in [6.45, 7) is 8.99. The third kappa shape index (κ3) is 17.4. The Bertz CT molecular complexity index is 7240. The molecular weight excluding hydrogens is 1690 g/mol. The van der Waals surface area contributed by atoms with Gasteiger partial charge >= 0.3 is 0 Å². The molecule has 0 spiro atoms. The summed E-state index contributed by atoms with van der Waals surface area (Å²) in [5.74, 6) is -9.07. The normalized spacial score (nSPS) is 14.2. The van der Waals surface area contributed by atoms with Gasteiger partial charge in [-0.15, -0.1) is 0 Å². The van der Waals surface area contributed by atoms with Crippen molar-refractivity contribution in [1.29, 1.82) is 0 Å². The van der Waals surface area contributed by atoms with Gasteiger partial charge in [-0.1, -0.05) is 170 Å². The van der Waals surface area contributed by atoms with E-state index in [1.54, 1.807) is 164 Å². The number of Topliss-reactive ketones (excluding diaryl/α,β-unsaturated/α-hetero) is 10. The Balaban J connectivity index is 0.000000141. The van der Waals surface area contributed by atoms with Crippen molar-refractivity contribution in [2.75, 3.05) is 38.2 Å². The number of ether oxygens (including phenoxy) is 1. The lowest BCUT2D eigenvalue weighted by Crippen LogP contribution is -2.31. The highest BCUT2D eigenvalue weighted by molar-refractivity contribution is 7.90. The molecule has 11 aromatic rings. The molecule has 5 aliphatic carbocycles. The van der Waals surface area contributed by atoms with E-state index in [0.29, 0.717) is 55.6 Å². The molecule has 36 heteroatoms. The van der Waals surface area contributed by atoms with Crippen LogP contribution in [0.5, 0.6) is 0 Å². The zero-order valence-corrected chi connectivity index (χ0v) is 69.2. The van der Waals surface area contributed by atoms with Crippen LogP contribution in [0.3, 0.4) is 0 Å². The first kappa shape index (κ1) is 87.6. The van der Waals surface area contributed by atoms with E-state index in [1.807, 2.05) is 6.07 Å². The molecule has 16 rings (SSSR count). The number of nitrogens with zero attached hydrogens (tertiary/aromatic N) is 6. The van der Waals surface area contributed by atoms with Crippen molar-refractivity contribution in [3.05, 3.63) is 309 Å². The number of carbonyl (C=O) groups excluding carboxylic acids is 12. The molecule has 1 amide bonds. The van der Waals surface area contributed by atoms with Gasteiger partial charge in [-0.25, -0.2) is 66.8 Å². The van der Waals surface area contributed by atoms with Crippen molar-refractivity contribution in [2.24, 2.45) is 0 Å². The maximum absolute atomic E-state index is 13.4. The first-order valence-corrected chi connectivity index (χ1v) is 44.9. The Labute approximate surface area is 702 Å². The van der Waals surface area contributed by atoms with Gasteiger partial charge in [0.1, 0.15) is 0 Å². The number of nitrogens with one attached hydrogen (secondary N) is 1. The molecule has 0 saturated carbocycles. The summed E-state index contributed by atoms with van der Waals surface area (Å²) < 4.78 is 132. The minimum Gasteiger partial charge on any atom is -0.424 e. The highest BCUT2D eigenvalue weighted by Gasteiger charge is 2.41. The fourth-order valence-electron chi connectivity index (χ4n) is 13.6. The van der Waals surface area contributed by atoms with Crippen LogP contribution in [-0.4, -0.2) is 175 Å². The van der Waals surface area contributed by atoms with E-state index in [0.717, 1.165) is 57.0 Å². The molecule has 6 aromatic carbocycles. The lowest BCUT2D eigenvalue weighted by molar-refractivity contribution is -0.129. The largest absolute Gasteiger partial charge is 0.424 e. The van der Waals surface area contributed by atoms with Crippen molar-refractivity contribution < 1.29 is 109 Å². The fraction of sp³-hybridized carbons (Fsp3) is 0.0920. The summed E-state index contributed by atoms with van der Waals surface area (Å²) in [6, 6.07) is 51.6. The molecule has 0 radical (unpaired) electrons. The van der Waals surface area contributed by atoms with E-state index in [9.17, 15) is 105 Å². The van der Waals surface area contributed by atoms with Crippen molar-refractivity contribution in [2.45, 2.75) is 18.7 Å². The van der Waals surface area contributed by atoms with Gasteiger partial charge in [0, 0.05) is 95.1 Å². The molecule has 5 heterocycles. The number of aliphatic hydroxyl groups excluding tert-OH is 1. The van der Waals surface area contributed by atoms with Gasteiger partial charge in [0.2, 0.25) is 104 Å². The molecule has 0 saturated heterocycles. The van der Waals surface area contributed by atoms with Crippen LogP contribution in [0.4, 0.5) is 0 Å². The smallest absolute Gasteiger partial charge is 0.298 e. The standard InChI is InChI=1S/C23H18N2O5S.C16H10N2O4S.C16H11NO6S.C16H13NO5S.C16H13NO4S/c1-15(26)24-13-17-12-20-21(23(28)22(17)27)19(16-8-4-2-5-9-16)14-25(20)31(29,30)18-10-6-3-7-11-18;1-17-12-8-13-14(16(20)15(12)19)11(9-18(13)23(2,21)22)10-6-4-3-5-7-10;1-24(21,22)17-8-11(10-5-3-2-4-6-10)14-12(17)7-13(23-9-18)15(19)16(14)20;1-23(21,22)17-8-12(10-5-3-2-4-6-10)14-13(17)7-11(9-18)15(19)16(14)20;1-10-8-13-14(16(19)15(10)18)12(9-17(13)22(2,20)21)11-6-4-3-5-7-11/h2-12,14H,13H2,1H3,(H,24,26);3-9H,2H3;2-9H,1H3;2-8,18H,9H2,1H3;3-9H,1-2H3. The van der Waals surface area contributed by atoms with E-state index in [2.05, 4.69) is 14.9 Å². The molecule has 31 nitrogen and oxygen atoms in total. The Kier molecular flexibility index (Phi) is 24.6. The van der Waals surface area contributed by atoms with Gasteiger partial charge < -0.3 is 15.2 Å². The Hall–Kier alpha value is -14.7. The number of hydrogen-bond acceptors (Lipinski definition) is 24. The van der Waals surface area contributed by atoms with Crippen LogP contribution >= 0.6 is 0 Å². The van der Waals surface area contributed by atoms with Gasteiger partial charge in [-0.05, 0) is 71.2 Å². The second-order valence-electron chi connectivity index (χ2n) is 27.6. The molecule has 0 fully saturated rings. The van der Waals surface area contributed by atoms with E-state index in [-0.39, 0.29) is 103 Å². The van der Waals surface area contributed by atoms with Crippen LogP contribution in [-0.2, 0) is 88.4 Å². The van der Waals surface area contributed by atoms with E-state index in [4.69, 9.17) is 6.57 Å². The van der Waals surface area contributed by atoms with Crippen molar-refractivity contribution >= 4 is 151 Å². The zero-order chi connectivity index (χ0) is 89.3.